The summed E-state index contributed by atoms with van der Waals surface area (Å²) < 4.78 is 4.88. The Morgan fingerprint density at radius 1 is 1.22 bits per heavy atom. The number of nitrogens with one attached hydrogen (secondary N) is 1. The zero-order valence-corrected chi connectivity index (χ0v) is 10.7. The Labute approximate surface area is 108 Å². The van der Waals surface area contributed by atoms with Crippen molar-refractivity contribution in [1.82, 2.24) is 5.32 Å². The number of rotatable bonds is 2. The van der Waals surface area contributed by atoms with Crippen molar-refractivity contribution in [3.63, 3.8) is 0 Å². The quantitative estimate of drug-likeness (QED) is 0.813. The van der Waals surface area contributed by atoms with Crippen molar-refractivity contribution in [2.75, 3.05) is 7.11 Å². The molecule has 0 spiro atoms. The summed E-state index contributed by atoms with van der Waals surface area (Å²) in [6.07, 6.45) is 4.85. The van der Waals surface area contributed by atoms with E-state index in [-0.39, 0.29) is 5.97 Å². The lowest BCUT2D eigenvalue weighted by atomic mass is 9.84. The van der Waals surface area contributed by atoms with E-state index in [0.29, 0.717) is 18.0 Å². The number of carbonyl (C=O) groups excluding carboxylic acids is 1. The fraction of sp³-hybridized carbons (Fsp3) is 0.533. The number of carbonyl (C=O) groups is 1. The van der Waals surface area contributed by atoms with Crippen LogP contribution < -0.4 is 5.32 Å². The fourth-order valence-corrected chi connectivity index (χ4v) is 3.46. The van der Waals surface area contributed by atoms with Gasteiger partial charge in [-0.05, 0) is 43.2 Å². The van der Waals surface area contributed by atoms with Gasteiger partial charge in [0, 0.05) is 12.1 Å². The molecule has 0 amide bonds. The van der Waals surface area contributed by atoms with Gasteiger partial charge in [-0.1, -0.05) is 18.2 Å². The molecular formula is C15H19NO2. The predicted octanol–water partition coefficient (Wildman–Crippen LogP) is 2.47. The van der Waals surface area contributed by atoms with Crippen molar-refractivity contribution in [2.24, 2.45) is 0 Å². The average Bonchev–Trinajstić information content (AvgIpc) is 2.76. The second kappa shape index (κ2) is 4.73. The van der Waals surface area contributed by atoms with E-state index in [1.807, 2.05) is 18.2 Å². The Balaban J connectivity index is 1.90. The minimum atomic E-state index is -0.212. The van der Waals surface area contributed by atoms with Crippen LogP contribution in [0.4, 0.5) is 0 Å². The van der Waals surface area contributed by atoms with Gasteiger partial charge in [-0.15, -0.1) is 0 Å². The minimum Gasteiger partial charge on any atom is -0.465 e. The largest absolute Gasteiger partial charge is 0.465 e. The highest BCUT2D eigenvalue weighted by molar-refractivity contribution is 5.91. The van der Waals surface area contributed by atoms with E-state index in [9.17, 15) is 4.79 Å². The van der Waals surface area contributed by atoms with Crippen LogP contribution in [-0.4, -0.2) is 25.2 Å². The topological polar surface area (TPSA) is 38.3 Å². The Bertz CT molecular complexity index is 446. The zero-order chi connectivity index (χ0) is 12.5. The summed E-state index contributed by atoms with van der Waals surface area (Å²) in [6.45, 7) is 0. The Morgan fingerprint density at radius 3 is 2.56 bits per heavy atom. The maximum Gasteiger partial charge on any atom is 0.338 e. The molecular weight excluding hydrogens is 226 g/mol. The Kier molecular flexibility index (Phi) is 3.08. The van der Waals surface area contributed by atoms with Gasteiger partial charge < -0.3 is 10.1 Å². The van der Waals surface area contributed by atoms with E-state index < -0.39 is 0 Å². The van der Waals surface area contributed by atoms with Crippen molar-refractivity contribution in [3.8, 4) is 0 Å². The minimum absolute atomic E-state index is 0.212. The van der Waals surface area contributed by atoms with E-state index in [1.54, 1.807) is 0 Å². The summed E-state index contributed by atoms with van der Waals surface area (Å²) >= 11 is 0. The van der Waals surface area contributed by atoms with Gasteiger partial charge in [-0.25, -0.2) is 4.79 Å². The van der Waals surface area contributed by atoms with Crippen molar-refractivity contribution >= 4 is 5.97 Å². The van der Waals surface area contributed by atoms with E-state index >= 15 is 0 Å². The molecule has 1 N–H and O–H groups in total. The summed E-state index contributed by atoms with van der Waals surface area (Å²) in [5.74, 6) is 0.288. The zero-order valence-electron chi connectivity index (χ0n) is 10.7. The smallest absolute Gasteiger partial charge is 0.338 e. The first-order valence-electron chi connectivity index (χ1n) is 6.71. The number of hydrogen-bond donors (Lipinski definition) is 1. The lowest BCUT2D eigenvalue weighted by molar-refractivity contribution is 0.0598. The molecule has 0 radical (unpaired) electrons. The highest BCUT2D eigenvalue weighted by Crippen LogP contribution is 2.38. The monoisotopic (exact) mass is 245 g/mol. The van der Waals surface area contributed by atoms with Gasteiger partial charge in [0.25, 0.3) is 0 Å². The summed E-state index contributed by atoms with van der Waals surface area (Å²) in [5, 5.41) is 3.64. The normalized spacial score (nSPS) is 30.2. The molecule has 2 aliphatic heterocycles. The molecule has 18 heavy (non-hydrogen) atoms. The molecule has 3 heteroatoms. The maximum absolute atomic E-state index is 11.8. The van der Waals surface area contributed by atoms with Crippen LogP contribution in [0, 0.1) is 0 Å². The van der Waals surface area contributed by atoms with Crippen LogP contribution >= 0.6 is 0 Å². The van der Waals surface area contributed by atoms with Crippen LogP contribution in [0.1, 0.15) is 47.5 Å². The van der Waals surface area contributed by atoms with E-state index in [4.69, 9.17) is 4.74 Å². The molecule has 1 unspecified atom stereocenters. The van der Waals surface area contributed by atoms with E-state index in [0.717, 1.165) is 18.4 Å². The molecule has 2 heterocycles. The molecule has 1 aromatic rings. The number of ether oxygens (including phenoxy) is 1. The third kappa shape index (κ3) is 2.03. The molecule has 0 aliphatic carbocycles. The SMILES string of the molecule is COC(=O)c1ccccc1C1C[C@H]2CC[C@@H](C1)N2. The van der Waals surface area contributed by atoms with Crippen LogP contribution in [0.3, 0.4) is 0 Å². The summed E-state index contributed by atoms with van der Waals surface area (Å²) in [6, 6.07) is 9.17. The molecule has 2 bridgehead atoms. The van der Waals surface area contributed by atoms with Crippen LogP contribution in [-0.2, 0) is 4.74 Å². The van der Waals surface area contributed by atoms with Crippen molar-refractivity contribution in [2.45, 2.75) is 43.7 Å². The van der Waals surface area contributed by atoms with Gasteiger partial charge in [-0.2, -0.15) is 0 Å². The summed E-state index contributed by atoms with van der Waals surface area (Å²) in [7, 11) is 1.45. The van der Waals surface area contributed by atoms with Gasteiger partial charge in [0.1, 0.15) is 0 Å². The van der Waals surface area contributed by atoms with Gasteiger partial charge in [0.05, 0.1) is 12.7 Å². The van der Waals surface area contributed by atoms with Crippen molar-refractivity contribution in [1.29, 1.82) is 0 Å². The number of hydrogen-bond acceptors (Lipinski definition) is 3. The Hall–Kier alpha value is -1.35. The first-order chi connectivity index (χ1) is 8.78. The van der Waals surface area contributed by atoms with E-state index in [1.165, 1.54) is 25.5 Å². The van der Waals surface area contributed by atoms with Gasteiger partial charge in [-0.3, -0.25) is 0 Å². The summed E-state index contributed by atoms with van der Waals surface area (Å²) in [5.41, 5.74) is 1.91. The molecule has 2 saturated heterocycles. The molecule has 3 nitrogen and oxygen atoms in total. The third-order valence-electron chi connectivity index (χ3n) is 4.28. The number of methoxy groups -OCH3 is 1. The first kappa shape index (κ1) is 11.7. The molecule has 2 fully saturated rings. The molecule has 2 aliphatic rings. The van der Waals surface area contributed by atoms with Crippen LogP contribution in [0.15, 0.2) is 24.3 Å². The molecule has 1 aromatic carbocycles. The highest BCUT2D eigenvalue weighted by Gasteiger charge is 2.35. The molecule has 3 atom stereocenters. The van der Waals surface area contributed by atoms with Crippen molar-refractivity contribution in [3.05, 3.63) is 35.4 Å². The number of benzene rings is 1. The summed E-state index contributed by atoms with van der Waals surface area (Å²) in [4.78, 5) is 11.8. The van der Waals surface area contributed by atoms with E-state index in [2.05, 4.69) is 11.4 Å². The van der Waals surface area contributed by atoms with Gasteiger partial charge in [0.2, 0.25) is 0 Å². The number of esters is 1. The standard InChI is InChI=1S/C15H19NO2/c1-18-15(17)14-5-3-2-4-13(14)10-8-11-6-7-12(9-10)16-11/h2-5,10-12,16H,6-9H2,1H3/t10?,11-,12+. The van der Waals surface area contributed by atoms with Crippen LogP contribution in [0.5, 0.6) is 0 Å². The molecule has 96 valence electrons. The predicted molar refractivity (Wildman–Crippen MR) is 69.7 cm³/mol. The maximum atomic E-state index is 11.8. The fourth-order valence-electron chi connectivity index (χ4n) is 3.46. The van der Waals surface area contributed by atoms with Gasteiger partial charge in [0.15, 0.2) is 0 Å². The number of piperidine rings is 1. The highest BCUT2D eigenvalue weighted by atomic mass is 16.5. The molecule has 3 rings (SSSR count). The third-order valence-corrected chi connectivity index (χ3v) is 4.28. The molecule has 0 saturated carbocycles. The average molecular weight is 245 g/mol. The van der Waals surface area contributed by atoms with Gasteiger partial charge >= 0.3 is 5.97 Å². The number of fused-ring (bicyclic) bond motifs is 2. The Morgan fingerprint density at radius 2 is 1.89 bits per heavy atom. The van der Waals surface area contributed by atoms with Crippen LogP contribution in [0.2, 0.25) is 0 Å². The second-order valence-corrected chi connectivity index (χ2v) is 5.39. The lowest BCUT2D eigenvalue weighted by Gasteiger charge is -2.30. The first-order valence-corrected chi connectivity index (χ1v) is 6.71. The van der Waals surface area contributed by atoms with Crippen LogP contribution in [0.25, 0.3) is 0 Å². The molecule has 0 aromatic heterocycles. The van der Waals surface area contributed by atoms with Crippen molar-refractivity contribution < 1.29 is 9.53 Å². The second-order valence-electron chi connectivity index (χ2n) is 5.39. The lowest BCUT2D eigenvalue weighted by Crippen LogP contribution is -2.37.